The number of alkyl halides is 2. The number of anilines is 1. The molecule has 0 aliphatic carbocycles. The largest absolute Gasteiger partial charge is 0.493 e. The number of nitrogens with one attached hydrogen (secondary N) is 1. The fourth-order valence-electron chi connectivity index (χ4n) is 2.62. The van der Waals surface area contributed by atoms with Gasteiger partial charge in [0.2, 0.25) is 0 Å². The van der Waals surface area contributed by atoms with Gasteiger partial charge in [-0.15, -0.1) is 0 Å². The van der Waals surface area contributed by atoms with Crippen LogP contribution in [0.15, 0.2) is 66.7 Å². The molecule has 0 saturated heterocycles. The molecular formula is C22H18F3NO4. The lowest BCUT2D eigenvalue weighted by atomic mass is 10.2. The molecule has 0 atom stereocenters. The summed E-state index contributed by atoms with van der Waals surface area (Å²) in [6.07, 6.45) is 0. The SMILES string of the molecule is COc1cc(C(=O)Nc2cccc(OCc3ccc(F)cc3)c2)ccc1OC(F)F. The van der Waals surface area contributed by atoms with Crippen LogP contribution in [-0.4, -0.2) is 19.6 Å². The third-order valence-electron chi connectivity index (χ3n) is 4.05. The average Bonchev–Trinajstić information content (AvgIpc) is 2.73. The van der Waals surface area contributed by atoms with E-state index >= 15 is 0 Å². The zero-order chi connectivity index (χ0) is 21.5. The van der Waals surface area contributed by atoms with Crippen LogP contribution in [0.2, 0.25) is 0 Å². The molecule has 0 aliphatic rings. The monoisotopic (exact) mass is 417 g/mol. The molecule has 3 aromatic rings. The average molecular weight is 417 g/mol. The van der Waals surface area contributed by atoms with Gasteiger partial charge in [-0.2, -0.15) is 8.78 Å². The summed E-state index contributed by atoms with van der Waals surface area (Å²) in [5.74, 6) is -0.434. The number of halogens is 3. The van der Waals surface area contributed by atoms with Crippen molar-refractivity contribution in [2.45, 2.75) is 13.2 Å². The van der Waals surface area contributed by atoms with E-state index in [0.29, 0.717) is 11.4 Å². The third kappa shape index (κ3) is 5.66. The number of ether oxygens (including phenoxy) is 3. The van der Waals surface area contributed by atoms with Gasteiger partial charge in [0.1, 0.15) is 18.2 Å². The van der Waals surface area contributed by atoms with Crippen LogP contribution in [0.4, 0.5) is 18.9 Å². The molecule has 3 aromatic carbocycles. The molecule has 0 fully saturated rings. The van der Waals surface area contributed by atoms with E-state index in [9.17, 15) is 18.0 Å². The first-order valence-electron chi connectivity index (χ1n) is 8.86. The zero-order valence-electron chi connectivity index (χ0n) is 15.9. The summed E-state index contributed by atoms with van der Waals surface area (Å²) in [5.41, 5.74) is 1.47. The third-order valence-corrected chi connectivity index (χ3v) is 4.05. The van der Waals surface area contributed by atoms with Crippen molar-refractivity contribution in [1.82, 2.24) is 0 Å². The summed E-state index contributed by atoms with van der Waals surface area (Å²) < 4.78 is 52.8. The van der Waals surface area contributed by atoms with Crippen LogP contribution in [0.3, 0.4) is 0 Å². The molecule has 156 valence electrons. The van der Waals surface area contributed by atoms with Gasteiger partial charge in [0, 0.05) is 17.3 Å². The quantitative estimate of drug-likeness (QED) is 0.543. The van der Waals surface area contributed by atoms with E-state index in [1.165, 1.54) is 37.4 Å². The first-order valence-corrected chi connectivity index (χ1v) is 8.86. The van der Waals surface area contributed by atoms with Crippen LogP contribution in [0.5, 0.6) is 17.2 Å². The van der Waals surface area contributed by atoms with Crippen LogP contribution in [0, 0.1) is 5.82 Å². The highest BCUT2D eigenvalue weighted by atomic mass is 19.3. The van der Waals surface area contributed by atoms with Gasteiger partial charge < -0.3 is 19.5 Å². The van der Waals surface area contributed by atoms with E-state index in [1.807, 2.05) is 0 Å². The Hall–Kier alpha value is -3.68. The Morgan fingerprint density at radius 3 is 2.47 bits per heavy atom. The minimum atomic E-state index is -3.00. The number of carbonyl (C=O) groups excluding carboxylic acids is 1. The van der Waals surface area contributed by atoms with Gasteiger partial charge in [-0.05, 0) is 48.0 Å². The second-order valence-electron chi connectivity index (χ2n) is 6.14. The topological polar surface area (TPSA) is 56.8 Å². The van der Waals surface area contributed by atoms with Crippen molar-refractivity contribution in [3.8, 4) is 17.2 Å². The zero-order valence-corrected chi connectivity index (χ0v) is 15.9. The molecule has 0 saturated carbocycles. The van der Waals surface area contributed by atoms with E-state index < -0.39 is 12.5 Å². The Balaban J connectivity index is 1.66. The standard InChI is InChI=1S/C22H18F3NO4/c1-28-20-11-15(7-10-19(20)30-22(24)25)21(27)26-17-3-2-4-18(12-17)29-13-14-5-8-16(23)9-6-14/h2-12,22H,13H2,1H3,(H,26,27). The number of benzene rings is 3. The molecule has 0 aliphatic heterocycles. The molecule has 0 aromatic heterocycles. The van der Waals surface area contributed by atoms with Crippen molar-refractivity contribution in [1.29, 1.82) is 0 Å². The Morgan fingerprint density at radius 2 is 1.77 bits per heavy atom. The first kappa shape index (κ1) is 21.0. The molecule has 8 heteroatoms. The highest BCUT2D eigenvalue weighted by Gasteiger charge is 2.14. The van der Waals surface area contributed by atoms with E-state index in [0.717, 1.165) is 5.56 Å². The Morgan fingerprint density at radius 1 is 1.00 bits per heavy atom. The minimum absolute atomic E-state index is 0.0133. The van der Waals surface area contributed by atoms with Crippen LogP contribution in [0.25, 0.3) is 0 Å². The number of rotatable bonds is 8. The van der Waals surface area contributed by atoms with Crippen LogP contribution in [0.1, 0.15) is 15.9 Å². The maximum atomic E-state index is 13.0. The lowest BCUT2D eigenvalue weighted by Crippen LogP contribution is -2.12. The van der Waals surface area contributed by atoms with Gasteiger partial charge in [0.05, 0.1) is 7.11 Å². The highest BCUT2D eigenvalue weighted by Crippen LogP contribution is 2.30. The molecule has 0 spiro atoms. The Labute approximate surface area is 171 Å². The van der Waals surface area contributed by atoms with E-state index in [2.05, 4.69) is 10.1 Å². The van der Waals surface area contributed by atoms with Crippen molar-refractivity contribution in [2.24, 2.45) is 0 Å². The van der Waals surface area contributed by atoms with Crippen molar-refractivity contribution in [3.63, 3.8) is 0 Å². The smallest absolute Gasteiger partial charge is 0.387 e. The van der Waals surface area contributed by atoms with Gasteiger partial charge in [0.15, 0.2) is 11.5 Å². The number of carbonyl (C=O) groups is 1. The molecule has 3 rings (SSSR count). The van der Waals surface area contributed by atoms with Crippen molar-refractivity contribution in [3.05, 3.63) is 83.7 Å². The molecule has 1 amide bonds. The fraction of sp³-hybridized carbons (Fsp3) is 0.136. The first-order chi connectivity index (χ1) is 14.4. The van der Waals surface area contributed by atoms with Gasteiger partial charge >= 0.3 is 6.61 Å². The maximum Gasteiger partial charge on any atom is 0.387 e. The van der Waals surface area contributed by atoms with Gasteiger partial charge in [0.25, 0.3) is 5.91 Å². The molecule has 1 N–H and O–H groups in total. The number of amides is 1. The minimum Gasteiger partial charge on any atom is -0.493 e. The van der Waals surface area contributed by atoms with E-state index in [4.69, 9.17) is 9.47 Å². The number of hydrogen-bond acceptors (Lipinski definition) is 4. The summed E-state index contributed by atoms with van der Waals surface area (Å²) >= 11 is 0. The molecule has 30 heavy (non-hydrogen) atoms. The van der Waals surface area contributed by atoms with Crippen molar-refractivity contribution < 1.29 is 32.2 Å². The predicted molar refractivity (Wildman–Crippen MR) is 105 cm³/mol. The van der Waals surface area contributed by atoms with Crippen molar-refractivity contribution in [2.75, 3.05) is 12.4 Å². The van der Waals surface area contributed by atoms with Gasteiger partial charge in [-0.25, -0.2) is 4.39 Å². The summed E-state index contributed by atoms with van der Waals surface area (Å²) in [6.45, 7) is -2.77. The summed E-state index contributed by atoms with van der Waals surface area (Å²) in [7, 11) is 1.29. The second kappa shape index (κ2) is 9.69. The number of methoxy groups -OCH3 is 1. The van der Waals surface area contributed by atoms with Crippen LogP contribution >= 0.6 is 0 Å². The fourth-order valence-corrected chi connectivity index (χ4v) is 2.62. The summed E-state index contributed by atoms with van der Waals surface area (Å²) in [5, 5.41) is 2.70. The van der Waals surface area contributed by atoms with Crippen LogP contribution < -0.4 is 19.5 Å². The summed E-state index contributed by atoms with van der Waals surface area (Å²) in [6, 6.07) is 16.6. The predicted octanol–water partition coefficient (Wildman–Crippen LogP) is 5.27. The van der Waals surface area contributed by atoms with Gasteiger partial charge in [-0.3, -0.25) is 4.79 Å². The molecule has 0 heterocycles. The normalized spacial score (nSPS) is 10.6. The lowest BCUT2D eigenvalue weighted by molar-refractivity contribution is -0.0512. The molecule has 0 unspecified atom stereocenters. The highest BCUT2D eigenvalue weighted by molar-refractivity contribution is 6.04. The maximum absolute atomic E-state index is 13.0. The molecule has 0 bridgehead atoms. The van der Waals surface area contributed by atoms with Crippen LogP contribution in [-0.2, 0) is 6.61 Å². The molecule has 5 nitrogen and oxygen atoms in total. The summed E-state index contributed by atoms with van der Waals surface area (Å²) in [4.78, 5) is 12.5. The van der Waals surface area contributed by atoms with E-state index in [-0.39, 0.29) is 29.5 Å². The molecular weight excluding hydrogens is 399 g/mol. The second-order valence-corrected chi connectivity index (χ2v) is 6.14. The van der Waals surface area contributed by atoms with Gasteiger partial charge in [-0.1, -0.05) is 18.2 Å². The lowest BCUT2D eigenvalue weighted by Gasteiger charge is -2.12. The van der Waals surface area contributed by atoms with Crippen molar-refractivity contribution >= 4 is 11.6 Å². The Bertz CT molecular complexity index is 1010. The number of hydrogen-bond donors (Lipinski definition) is 1. The Kier molecular flexibility index (Phi) is 6.79. The molecule has 0 radical (unpaired) electrons. The van der Waals surface area contributed by atoms with E-state index in [1.54, 1.807) is 36.4 Å².